The molecule has 4 atom stereocenters. The van der Waals surface area contributed by atoms with E-state index in [0.717, 1.165) is 11.8 Å². The first-order chi connectivity index (χ1) is 9.74. The Bertz CT molecular complexity index is 587. The van der Waals surface area contributed by atoms with Gasteiger partial charge in [-0.05, 0) is 56.3 Å². The Labute approximate surface area is 124 Å². The summed E-state index contributed by atoms with van der Waals surface area (Å²) in [6.45, 7) is 8.48. The third-order valence-electron chi connectivity index (χ3n) is 5.33. The van der Waals surface area contributed by atoms with Crippen LogP contribution >= 0.6 is 11.3 Å². The highest BCUT2D eigenvalue weighted by Gasteiger charge is 2.43. The normalized spacial score (nSPS) is 31.8. The Balaban J connectivity index is 1.62. The van der Waals surface area contributed by atoms with Gasteiger partial charge in [-0.25, -0.2) is 0 Å². The van der Waals surface area contributed by atoms with Crippen molar-refractivity contribution in [3.63, 3.8) is 0 Å². The van der Waals surface area contributed by atoms with Crippen molar-refractivity contribution in [1.82, 2.24) is 10.2 Å². The average molecular weight is 286 g/mol. The lowest BCUT2D eigenvalue weighted by atomic mass is 9.95. The molecule has 0 radical (unpaired) electrons. The lowest BCUT2D eigenvalue weighted by Crippen LogP contribution is -2.34. The smallest absolute Gasteiger partial charge is 0.0416 e. The van der Waals surface area contributed by atoms with Crippen LogP contribution in [0.3, 0.4) is 0 Å². The number of likely N-dealkylation sites (tertiary alicyclic amines) is 1. The average Bonchev–Trinajstić information content (AvgIpc) is 3.13. The van der Waals surface area contributed by atoms with Crippen molar-refractivity contribution in [2.45, 2.75) is 25.9 Å². The number of benzene rings is 1. The van der Waals surface area contributed by atoms with Gasteiger partial charge in [0.25, 0.3) is 0 Å². The minimum Gasteiger partial charge on any atom is -0.316 e. The third kappa shape index (κ3) is 1.92. The van der Waals surface area contributed by atoms with Crippen LogP contribution in [-0.4, -0.2) is 30.6 Å². The topological polar surface area (TPSA) is 15.3 Å². The van der Waals surface area contributed by atoms with E-state index in [1.807, 2.05) is 11.3 Å². The molecule has 2 aliphatic rings. The second kappa shape index (κ2) is 4.83. The van der Waals surface area contributed by atoms with Crippen molar-refractivity contribution in [1.29, 1.82) is 0 Å². The molecule has 0 spiro atoms. The zero-order chi connectivity index (χ0) is 13.7. The molecule has 2 aliphatic heterocycles. The summed E-state index contributed by atoms with van der Waals surface area (Å²) in [5.74, 6) is 1.72. The highest BCUT2D eigenvalue weighted by atomic mass is 32.1. The molecule has 3 heterocycles. The molecule has 0 amide bonds. The maximum Gasteiger partial charge on any atom is 0.0416 e. The molecule has 4 unspecified atom stereocenters. The summed E-state index contributed by atoms with van der Waals surface area (Å²) >= 11 is 1.97. The van der Waals surface area contributed by atoms with Gasteiger partial charge >= 0.3 is 0 Å². The maximum atomic E-state index is 3.55. The van der Waals surface area contributed by atoms with E-state index in [-0.39, 0.29) is 0 Å². The summed E-state index contributed by atoms with van der Waals surface area (Å²) < 4.78 is 1.42. The van der Waals surface area contributed by atoms with Crippen LogP contribution in [0.1, 0.15) is 24.8 Å². The Morgan fingerprint density at radius 3 is 2.95 bits per heavy atom. The molecule has 3 heteroatoms. The van der Waals surface area contributed by atoms with Gasteiger partial charge in [-0.15, -0.1) is 11.3 Å². The van der Waals surface area contributed by atoms with Gasteiger partial charge in [-0.3, -0.25) is 4.90 Å². The van der Waals surface area contributed by atoms with E-state index in [2.05, 4.69) is 54.4 Å². The maximum absolute atomic E-state index is 3.55. The molecule has 1 aromatic heterocycles. The van der Waals surface area contributed by atoms with Crippen LogP contribution in [-0.2, 0) is 0 Å². The standard InChI is InChI=1S/C17H22N2S/c1-11-15-9-18-8-14(15)10-19(11)12(2)17-7-13-5-3-4-6-16(13)20-17/h3-7,11-12,14-15,18H,8-10H2,1-2H3. The predicted molar refractivity (Wildman–Crippen MR) is 86.3 cm³/mol. The van der Waals surface area contributed by atoms with Gasteiger partial charge in [0.05, 0.1) is 0 Å². The fourth-order valence-corrected chi connectivity index (χ4v) is 5.22. The van der Waals surface area contributed by atoms with Gasteiger partial charge in [0.15, 0.2) is 0 Å². The second-order valence-electron chi connectivity index (χ2n) is 6.38. The number of thiophene rings is 1. The van der Waals surface area contributed by atoms with Crippen molar-refractivity contribution >= 4 is 21.4 Å². The Morgan fingerprint density at radius 1 is 1.30 bits per heavy atom. The SMILES string of the molecule is CC(c1cc2ccccc2s1)N1CC2CNCC2C1C. The van der Waals surface area contributed by atoms with Crippen LogP contribution in [0.4, 0.5) is 0 Å². The van der Waals surface area contributed by atoms with Gasteiger partial charge in [-0.2, -0.15) is 0 Å². The highest BCUT2D eigenvalue weighted by molar-refractivity contribution is 7.19. The van der Waals surface area contributed by atoms with E-state index in [1.165, 1.54) is 34.6 Å². The first-order valence-corrected chi connectivity index (χ1v) is 8.50. The third-order valence-corrected chi connectivity index (χ3v) is 6.62. The number of hydrogen-bond donors (Lipinski definition) is 1. The number of nitrogens with zero attached hydrogens (tertiary/aromatic N) is 1. The summed E-state index contributed by atoms with van der Waals surface area (Å²) in [5, 5.41) is 4.95. The summed E-state index contributed by atoms with van der Waals surface area (Å²) in [5.41, 5.74) is 0. The number of rotatable bonds is 2. The zero-order valence-electron chi connectivity index (χ0n) is 12.2. The molecule has 20 heavy (non-hydrogen) atoms. The quantitative estimate of drug-likeness (QED) is 0.909. The number of fused-ring (bicyclic) bond motifs is 2. The summed E-state index contributed by atoms with van der Waals surface area (Å²) in [7, 11) is 0. The number of hydrogen-bond acceptors (Lipinski definition) is 3. The fraction of sp³-hybridized carbons (Fsp3) is 0.529. The molecule has 0 aliphatic carbocycles. The lowest BCUT2D eigenvalue weighted by molar-refractivity contribution is 0.185. The Morgan fingerprint density at radius 2 is 2.15 bits per heavy atom. The van der Waals surface area contributed by atoms with Gasteiger partial charge < -0.3 is 5.32 Å². The molecule has 2 aromatic rings. The van der Waals surface area contributed by atoms with Gasteiger partial charge in [-0.1, -0.05) is 18.2 Å². The van der Waals surface area contributed by atoms with Gasteiger partial charge in [0.1, 0.15) is 0 Å². The molecule has 2 fully saturated rings. The van der Waals surface area contributed by atoms with Gasteiger partial charge in [0.2, 0.25) is 0 Å². The molecule has 1 N–H and O–H groups in total. The van der Waals surface area contributed by atoms with Crippen LogP contribution in [0, 0.1) is 11.8 Å². The van der Waals surface area contributed by atoms with Crippen molar-refractivity contribution in [3.05, 3.63) is 35.2 Å². The minimum absolute atomic E-state index is 0.549. The van der Waals surface area contributed by atoms with Gasteiger partial charge in [0, 0.05) is 28.2 Å². The minimum atomic E-state index is 0.549. The Hall–Kier alpha value is -0.900. The largest absolute Gasteiger partial charge is 0.316 e. The van der Waals surface area contributed by atoms with Crippen LogP contribution in [0.25, 0.3) is 10.1 Å². The first-order valence-electron chi connectivity index (χ1n) is 7.69. The van der Waals surface area contributed by atoms with E-state index in [0.29, 0.717) is 12.1 Å². The summed E-state index contributed by atoms with van der Waals surface area (Å²) in [6, 6.07) is 12.4. The molecule has 0 saturated carbocycles. The van der Waals surface area contributed by atoms with Crippen LogP contribution in [0.5, 0.6) is 0 Å². The fourth-order valence-electron chi connectivity index (χ4n) is 4.08. The molecule has 1 aromatic carbocycles. The molecule has 4 rings (SSSR count). The lowest BCUT2D eigenvalue weighted by Gasteiger charge is -2.30. The van der Waals surface area contributed by atoms with E-state index in [1.54, 1.807) is 0 Å². The van der Waals surface area contributed by atoms with Crippen molar-refractivity contribution < 1.29 is 0 Å². The molecule has 2 nitrogen and oxygen atoms in total. The molecule has 106 valence electrons. The first kappa shape index (κ1) is 12.8. The molecular weight excluding hydrogens is 264 g/mol. The zero-order valence-corrected chi connectivity index (χ0v) is 13.0. The van der Waals surface area contributed by atoms with Crippen molar-refractivity contribution in [3.8, 4) is 0 Å². The predicted octanol–water partition coefficient (Wildman–Crippen LogP) is 3.50. The molecule has 0 bridgehead atoms. The summed E-state index contributed by atoms with van der Waals surface area (Å²) in [6.07, 6.45) is 0. The van der Waals surface area contributed by atoms with Crippen molar-refractivity contribution in [2.75, 3.05) is 19.6 Å². The highest BCUT2D eigenvalue weighted by Crippen LogP contribution is 2.40. The van der Waals surface area contributed by atoms with E-state index < -0.39 is 0 Å². The summed E-state index contributed by atoms with van der Waals surface area (Å²) in [4.78, 5) is 4.24. The molecular formula is C17H22N2S. The van der Waals surface area contributed by atoms with Crippen LogP contribution in [0.15, 0.2) is 30.3 Å². The van der Waals surface area contributed by atoms with E-state index >= 15 is 0 Å². The molecule has 2 saturated heterocycles. The van der Waals surface area contributed by atoms with Crippen molar-refractivity contribution in [2.24, 2.45) is 11.8 Å². The Kier molecular flexibility index (Phi) is 3.09. The van der Waals surface area contributed by atoms with Crippen LogP contribution in [0.2, 0.25) is 0 Å². The van der Waals surface area contributed by atoms with E-state index in [9.17, 15) is 0 Å². The number of nitrogens with one attached hydrogen (secondary N) is 1. The second-order valence-corrected chi connectivity index (χ2v) is 7.50. The van der Waals surface area contributed by atoms with E-state index in [4.69, 9.17) is 0 Å². The monoisotopic (exact) mass is 286 g/mol. The van der Waals surface area contributed by atoms with Crippen LogP contribution < -0.4 is 5.32 Å².